The molecule has 2 rings (SSSR count). The van der Waals surface area contributed by atoms with E-state index in [0.717, 1.165) is 11.6 Å². The SMILES string of the molecule is CCN(CC)C(=O)Nc1ccc([C@@H](C)NS(=O)(=O)c2cccc(F)c2)cc1. The first-order valence-electron chi connectivity index (χ1n) is 8.70. The summed E-state index contributed by atoms with van der Waals surface area (Å²) in [6.45, 7) is 6.72. The van der Waals surface area contributed by atoms with Gasteiger partial charge >= 0.3 is 6.03 Å². The van der Waals surface area contributed by atoms with Gasteiger partial charge in [0.15, 0.2) is 0 Å². The highest BCUT2D eigenvalue weighted by atomic mass is 32.2. The zero-order valence-corrected chi connectivity index (χ0v) is 16.4. The monoisotopic (exact) mass is 393 g/mol. The molecule has 1 atom stereocenters. The van der Waals surface area contributed by atoms with E-state index < -0.39 is 21.9 Å². The van der Waals surface area contributed by atoms with Gasteiger partial charge in [0.25, 0.3) is 0 Å². The number of sulfonamides is 1. The van der Waals surface area contributed by atoms with Crippen LogP contribution < -0.4 is 10.0 Å². The van der Waals surface area contributed by atoms with E-state index in [9.17, 15) is 17.6 Å². The maximum Gasteiger partial charge on any atom is 0.321 e. The summed E-state index contributed by atoms with van der Waals surface area (Å²) in [5, 5.41) is 2.80. The van der Waals surface area contributed by atoms with Crippen molar-refractivity contribution in [2.45, 2.75) is 31.7 Å². The minimum Gasteiger partial charge on any atom is -0.325 e. The Morgan fingerprint density at radius 3 is 2.30 bits per heavy atom. The third kappa shape index (κ3) is 5.51. The van der Waals surface area contributed by atoms with Gasteiger partial charge in [0.1, 0.15) is 5.82 Å². The Hall–Kier alpha value is -2.45. The highest BCUT2D eigenvalue weighted by Gasteiger charge is 2.19. The summed E-state index contributed by atoms with van der Waals surface area (Å²) in [5.41, 5.74) is 1.34. The molecule has 0 bridgehead atoms. The molecule has 0 radical (unpaired) electrons. The molecule has 2 aromatic carbocycles. The fourth-order valence-corrected chi connectivity index (χ4v) is 3.83. The quantitative estimate of drug-likeness (QED) is 0.752. The fraction of sp³-hybridized carbons (Fsp3) is 0.316. The highest BCUT2D eigenvalue weighted by molar-refractivity contribution is 7.89. The molecule has 2 aromatic rings. The van der Waals surface area contributed by atoms with Crippen LogP contribution in [0, 0.1) is 5.82 Å². The van der Waals surface area contributed by atoms with Gasteiger partial charge in [0.05, 0.1) is 4.90 Å². The Labute approximate surface area is 159 Å². The molecule has 0 aromatic heterocycles. The van der Waals surface area contributed by atoms with Gasteiger partial charge in [-0.15, -0.1) is 0 Å². The number of rotatable bonds is 7. The maximum atomic E-state index is 13.3. The Morgan fingerprint density at radius 2 is 1.74 bits per heavy atom. The topological polar surface area (TPSA) is 78.5 Å². The molecular weight excluding hydrogens is 369 g/mol. The van der Waals surface area contributed by atoms with Crippen molar-refractivity contribution in [3.8, 4) is 0 Å². The minimum absolute atomic E-state index is 0.127. The van der Waals surface area contributed by atoms with Crippen LogP contribution in [-0.2, 0) is 10.0 Å². The van der Waals surface area contributed by atoms with Crippen molar-refractivity contribution in [1.82, 2.24) is 9.62 Å². The van der Waals surface area contributed by atoms with E-state index in [1.807, 2.05) is 13.8 Å². The van der Waals surface area contributed by atoms with E-state index >= 15 is 0 Å². The first kappa shape index (κ1) is 20.9. The first-order chi connectivity index (χ1) is 12.8. The lowest BCUT2D eigenvalue weighted by Crippen LogP contribution is -2.34. The van der Waals surface area contributed by atoms with Gasteiger partial charge in [-0.2, -0.15) is 0 Å². The molecule has 8 heteroatoms. The zero-order valence-electron chi connectivity index (χ0n) is 15.6. The standard InChI is InChI=1S/C19H24FN3O3S/c1-4-23(5-2)19(24)21-17-11-9-15(10-12-17)14(3)22-27(25,26)18-8-6-7-16(20)13-18/h6-14,22H,4-5H2,1-3H3,(H,21,24)/t14-/m1/s1. The molecule has 0 fully saturated rings. The van der Waals surface area contributed by atoms with Crippen LogP contribution in [0.2, 0.25) is 0 Å². The second-order valence-corrected chi connectivity index (χ2v) is 7.74. The number of halogens is 1. The van der Waals surface area contributed by atoms with Crippen molar-refractivity contribution in [1.29, 1.82) is 0 Å². The summed E-state index contributed by atoms with van der Waals surface area (Å²) in [4.78, 5) is 13.6. The van der Waals surface area contributed by atoms with Crippen molar-refractivity contribution >= 4 is 21.7 Å². The molecule has 2 amide bonds. The molecule has 0 aliphatic heterocycles. The van der Waals surface area contributed by atoms with Crippen molar-refractivity contribution < 1.29 is 17.6 Å². The lowest BCUT2D eigenvalue weighted by atomic mass is 10.1. The summed E-state index contributed by atoms with van der Waals surface area (Å²) >= 11 is 0. The summed E-state index contributed by atoms with van der Waals surface area (Å²) in [6.07, 6.45) is 0. The molecule has 0 unspecified atom stereocenters. The molecule has 146 valence electrons. The number of carbonyl (C=O) groups excluding carboxylic acids is 1. The highest BCUT2D eigenvalue weighted by Crippen LogP contribution is 2.19. The van der Waals surface area contributed by atoms with Crippen LogP contribution in [0.5, 0.6) is 0 Å². The molecule has 0 spiro atoms. The number of nitrogens with one attached hydrogen (secondary N) is 2. The van der Waals surface area contributed by atoms with E-state index in [-0.39, 0.29) is 10.9 Å². The molecule has 27 heavy (non-hydrogen) atoms. The number of carbonyl (C=O) groups is 1. The Kier molecular flexibility index (Phi) is 6.92. The van der Waals surface area contributed by atoms with Crippen LogP contribution in [0.1, 0.15) is 32.4 Å². The lowest BCUT2D eigenvalue weighted by molar-refractivity contribution is 0.217. The third-order valence-corrected chi connectivity index (χ3v) is 5.69. The summed E-state index contributed by atoms with van der Waals surface area (Å²) in [6, 6.07) is 11.0. The van der Waals surface area contributed by atoms with Gasteiger partial charge in [-0.25, -0.2) is 22.3 Å². The lowest BCUT2D eigenvalue weighted by Gasteiger charge is -2.19. The molecule has 0 saturated heterocycles. The largest absolute Gasteiger partial charge is 0.325 e. The van der Waals surface area contributed by atoms with Crippen molar-refractivity contribution in [2.75, 3.05) is 18.4 Å². The predicted octanol–water partition coefficient (Wildman–Crippen LogP) is 3.74. The van der Waals surface area contributed by atoms with Gasteiger partial charge in [0, 0.05) is 24.8 Å². The first-order valence-corrected chi connectivity index (χ1v) is 10.2. The van der Waals surface area contributed by atoms with Gasteiger partial charge in [-0.3, -0.25) is 0 Å². The van der Waals surface area contributed by atoms with Crippen LogP contribution in [-0.4, -0.2) is 32.4 Å². The van der Waals surface area contributed by atoms with Gasteiger partial charge in [-0.1, -0.05) is 18.2 Å². The van der Waals surface area contributed by atoms with E-state index in [1.54, 1.807) is 36.1 Å². The Morgan fingerprint density at radius 1 is 1.11 bits per heavy atom. The Bertz CT molecular complexity index is 881. The number of urea groups is 1. The number of hydrogen-bond acceptors (Lipinski definition) is 3. The number of anilines is 1. The van der Waals surface area contributed by atoms with Gasteiger partial charge in [0.2, 0.25) is 10.0 Å². The summed E-state index contributed by atoms with van der Waals surface area (Å²) in [5.74, 6) is -0.612. The number of benzene rings is 2. The summed E-state index contributed by atoms with van der Waals surface area (Å²) in [7, 11) is -3.84. The molecule has 0 aliphatic rings. The molecular formula is C19H24FN3O3S. The predicted molar refractivity (Wildman–Crippen MR) is 104 cm³/mol. The average molecular weight is 393 g/mol. The van der Waals surface area contributed by atoms with Gasteiger partial charge in [-0.05, 0) is 56.7 Å². The van der Waals surface area contributed by atoms with Crippen LogP contribution in [0.4, 0.5) is 14.9 Å². The van der Waals surface area contributed by atoms with E-state index in [1.165, 1.54) is 18.2 Å². The number of amides is 2. The van der Waals surface area contributed by atoms with Crippen LogP contribution in [0.25, 0.3) is 0 Å². The van der Waals surface area contributed by atoms with Crippen LogP contribution in [0.3, 0.4) is 0 Å². The zero-order chi connectivity index (χ0) is 20.0. The Balaban J connectivity index is 2.07. The van der Waals surface area contributed by atoms with E-state index in [0.29, 0.717) is 18.8 Å². The molecule has 0 aliphatic carbocycles. The normalized spacial score (nSPS) is 12.4. The molecule has 0 saturated carbocycles. The van der Waals surface area contributed by atoms with Crippen molar-refractivity contribution in [3.05, 3.63) is 59.9 Å². The second-order valence-electron chi connectivity index (χ2n) is 6.02. The smallest absolute Gasteiger partial charge is 0.321 e. The fourth-order valence-electron chi connectivity index (χ4n) is 2.57. The van der Waals surface area contributed by atoms with Crippen LogP contribution >= 0.6 is 0 Å². The van der Waals surface area contributed by atoms with Crippen LogP contribution in [0.15, 0.2) is 53.4 Å². The number of nitrogens with zero attached hydrogens (tertiary/aromatic N) is 1. The summed E-state index contributed by atoms with van der Waals surface area (Å²) < 4.78 is 40.6. The van der Waals surface area contributed by atoms with E-state index in [4.69, 9.17) is 0 Å². The van der Waals surface area contributed by atoms with Crippen molar-refractivity contribution in [2.24, 2.45) is 0 Å². The van der Waals surface area contributed by atoms with Crippen molar-refractivity contribution in [3.63, 3.8) is 0 Å². The molecule has 2 N–H and O–H groups in total. The second kappa shape index (κ2) is 8.96. The minimum atomic E-state index is -3.84. The molecule has 0 heterocycles. The van der Waals surface area contributed by atoms with Gasteiger partial charge < -0.3 is 10.2 Å². The number of hydrogen-bond donors (Lipinski definition) is 2. The average Bonchev–Trinajstić information content (AvgIpc) is 2.63. The van der Waals surface area contributed by atoms with E-state index in [2.05, 4.69) is 10.0 Å². The third-order valence-electron chi connectivity index (χ3n) is 4.15. The maximum absolute atomic E-state index is 13.3. The molecule has 6 nitrogen and oxygen atoms in total.